The lowest BCUT2D eigenvalue weighted by molar-refractivity contribution is 0.0735. The first kappa shape index (κ1) is 16.2. The van der Waals surface area contributed by atoms with Crippen LogP contribution in [0.4, 0.5) is 0 Å². The van der Waals surface area contributed by atoms with Crippen LogP contribution in [0.5, 0.6) is 5.75 Å². The Balaban J connectivity index is 1.69. The van der Waals surface area contributed by atoms with Gasteiger partial charge in [-0.05, 0) is 42.5 Å². The van der Waals surface area contributed by atoms with Gasteiger partial charge in [-0.1, -0.05) is 23.7 Å². The molecule has 4 rings (SSSR count). The highest BCUT2D eigenvalue weighted by molar-refractivity contribution is 6.33. The third kappa shape index (κ3) is 3.00. The first-order valence-corrected chi connectivity index (χ1v) is 8.08. The predicted octanol–water partition coefficient (Wildman–Crippen LogP) is 4.93. The number of furan rings is 1. The summed E-state index contributed by atoms with van der Waals surface area (Å²) in [5.74, 6) is 0.401. The molecular formula is C20H11ClO5. The normalized spacial score (nSPS) is 10.8. The van der Waals surface area contributed by atoms with E-state index in [2.05, 4.69) is 0 Å². The minimum atomic E-state index is -0.605. The molecule has 0 aliphatic heterocycles. The predicted molar refractivity (Wildman–Crippen MR) is 96.6 cm³/mol. The SMILES string of the molecule is O=C(Oc1ccc2oc(-c3ccco3)cc(=O)c2c1)c1ccccc1Cl. The van der Waals surface area contributed by atoms with Crippen LogP contribution in [0.15, 0.2) is 80.6 Å². The largest absolute Gasteiger partial charge is 0.461 e. The third-order valence-corrected chi connectivity index (χ3v) is 4.10. The van der Waals surface area contributed by atoms with Crippen molar-refractivity contribution in [3.63, 3.8) is 0 Å². The molecule has 26 heavy (non-hydrogen) atoms. The van der Waals surface area contributed by atoms with E-state index in [1.807, 2.05) is 0 Å². The van der Waals surface area contributed by atoms with Gasteiger partial charge in [-0.15, -0.1) is 0 Å². The molecule has 0 fully saturated rings. The fourth-order valence-corrected chi connectivity index (χ4v) is 2.74. The van der Waals surface area contributed by atoms with E-state index >= 15 is 0 Å². The van der Waals surface area contributed by atoms with Gasteiger partial charge in [0.05, 0.1) is 22.2 Å². The summed E-state index contributed by atoms with van der Waals surface area (Å²) >= 11 is 6.00. The minimum Gasteiger partial charge on any atom is -0.461 e. The molecule has 2 heterocycles. The van der Waals surface area contributed by atoms with Crippen LogP contribution in [-0.2, 0) is 0 Å². The summed E-state index contributed by atoms with van der Waals surface area (Å²) in [5, 5.41) is 0.589. The molecule has 0 aliphatic carbocycles. The highest BCUT2D eigenvalue weighted by Crippen LogP contribution is 2.26. The van der Waals surface area contributed by atoms with Crippen LogP contribution in [0.2, 0.25) is 5.02 Å². The second-order valence-electron chi connectivity index (χ2n) is 5.48. The molecule has 2 aromatic carbocycles. The maximum Gasteiger partial charge on any atom is 0.345 e. The van der Waals surface area contributed by atoms with Crippen LogP contribution in [0.1, 0.15) is 10.4 Å². The maximum absolute atomic E-state index is 12.4. The van der Waals surface area contributed by atoms with Crippen molar-refractivity contribution in [2.45, 2.75) is 0 Å². The van der Waals surface area contributed by atoms with Gasteiger partial charge in [-0.3, -0.25) is 4.79 Å². The average molecular weight is 367 g/mol. The summed E-state index contributed by atoms with van der Waals surface area (Å²) in [4.78, 5) is 24.6. The molecule has 0 atom stereocenters. The van der Waals surface area contributed by atoms with Gasteiger partial charge in [0.25, 0.3) is 0 Å². The zero-order valence-electron chi connectivity index (χ0n) is 13.3. The Kier molecular flexibility index (Phi) is 4.07. The van der Waals surface area contributed by atoms with E-state index in [1.54, 1.807) is 48.5 Å². The minimum absolute atomic E-state index is 0.223. The van der Waals surface area contributed by atoms with Crippen LogP contribution in [0.25, 0.3) is 22.5 Å². The molecular weight excluding hydrogens is 356 g/mol. The lowest BCUT2D eigenvalue weighted by Gasteiger charge is -2.07. The molecule has 0 saturated carbocycles. The van der Waals surface area contributed by atoms with E-state index in [4.69, 9.17) is 25.2 Å². The molecule has 2 aromatic heterocycles. The molecule has 0 unspecified atom stereocenters. The van der Waals surface area contributed by atoms with Crippen molar-refractivity contribution in [2.75, 3.05) is 0 Å². The summed E-state index contributed by atoms with van der Waals surface area (Å²) in [5.41, 5.74) is 0.337. The molecule has 6 heteroatoms. The van der Waals surface area contributed by atoms with Gasteiger partial charge in [-0.2, -0.15) is 0 Å². The number of esters is 1. The maximum atomic E-state index is 12.4. The lowest BCUT2D eigenvalue weighted by Crippen LogP contribution is -2.09. The van der Waals surface area contributed by atoms with E-state index < -0.39 is 5.97 Å². The van der Waals surface area contributed by atoms with Crippen LogP contribution in [-0.4, -0.2) is 5.97 Å². The van der Waals surface area contributed by atoms with E-state index in [1.165, 1.54) is 18.4 Å². The number of ether oxygens (including phenoxy) is 1. The van der Waals surface area contributed by atoms with Gasteiger partial charge in [0.1, 0.15) is 11.3 Å². The highest BCUT2D eigenvalue weighted by Gasteiger charge is 2.14. The molecule has 0 bridgehead atoms. The summed E-state index contributed by atoms with van der Waals surface area (Å²) < 4.78 is 16.3. The van der Waals surface area contributed by atoms with Crippen molar-refractivity contribution < 1.29 is 18.4 Å². The number of halogens is 1. The number of fused-ring (bicyclic) bond motifs is 1. The van der Waals surface area contributed by atoms with Crippen molar-refractivity contribution in [2.24, 2.45) is 0 Å². The van der Waals surface area contributed by atoms with Crippen molar-refractivity contribution in [3.05, 3.63) is 87.7 Å². The number of hydrogen-bond donors (Lipinski definition) is 0. The van der Waals surface area contributed by atoms with Gasteiger partial charge in [0, 0.05) is 6.07 Å². The zero-order valence-corrected chi connectivity index (χ0v) is 14.0. The van der Waals surface area contributed by atoms with Crippen LogP contribution >= 0.6 is 11.6 Å². The van der Waals surface area contributed by atoms with Crippen LogP contribution < -0.4 is 10.2 Å². The standard InChI is InChI=1S/C20H11ClO5/c21-15-5-2-1-4-13(15)20(23)25-12-7-8-17-14(10-12)16(22)11-19(26-17)18-6-3-9-24-18/h1-11H. The van der Waals surface area contributed by atoms with Gasteiger partial charge in [0.2, 0.25) is 0 Å². The summed E-state index contributed by atoms with van der Waals surface area (Å²) in [6.45, 7) is 0. The lowest BCUT2D eigenvalue weighted by atomic mass is 10.2. The number of hydrogen-bond acceptors (Lipinski definition) is 5. The summed E-state index contributed by atoms with van der Waals surface area (Å²) in [6, 6.07) is 15.9. The molecule has 5 nitrogen and oxygen atoms in total. The molecule has 0 aliphatic rings. The smallest absolute Gasteiger partial charge is 0.345 e. The second kappa shape index (κ2) is 6.54. The Morgan fingerprint density at radius 2 is 1.81 bits per heavy atom. The van der Waals surface area contributed by atoms with Crippen LogP contribution in [0.3, 0.4) is 0 Å². The number of carbonyl (C=O) groups is 1. The Hall–Kier alpha value is -3.31. The van der Waals surface area contributed by atoms with E-state index in [0.29, 0.717) is 27.5 Å². The van der Waals surface area contributed by atoms with Gasteiger partial charge >= 0.3 is 5.97 Å². The van der Waals surface area contributed by atoms with Crippen LogP contribution in [0, 0.1) is 0 Å². The van der Waals surface area contributed by atoms with Gasteiger partial charge in [0.15, 0.2) is 16.9 Å². The summed E-state index contributed by atoms with van der Waals surface area (Å²) in [6.07, 6.45) is 1.50. The Morgan fingerprint density at radius 1 is 0.962 bits per heavy atom. The number of rotatable bonds is 3. The van der Waals surface area contributed by atoms with E-state index in [0.717, 1.165) is 0 Å². The highest BCUT2D eigenvalue weighted by atomic mass is 35.5. The molecule has 0 saturated heterocycles. The van der Waals surface area contributed by atoms with Crippen molar-refractivity contribution >= 4 is 28.5 Å². The van der Waals surface area contributed by atoms with E-state index in [-0.39, 0.29) is 16.7 Å². The second-order valence-corrected chi connectivity index (χ2v) is 5.89. The molecule has 0 spiro atoms. The van der Waals surface area contributed by atoms with Crippen molar-refractivity contribution in [3.8, 4) is 17.3 Å². The van der Waals surface area contributed by atoms with Crippen molar-refractivity contribution in [1.29, 1.82) is 0 Å². The Labute approximate surface area is 152 Å². The molecule has 128 valence electrons. The fourth-order valence-electron chi connectivity index (χ4n) is 2.53. The molecule has 0 amide bonds. The average Bonchev–Trinajstić information content (AvgIpc) is 3.17. The molecule has 0 N–H and O–H groups in total. The topological polar surface area (TPSA) is 69.7 Å². The van der Waals surface area contributed by atoms with Gasteiger partial charge in [-0.25, -0.2) is 4.79 Å². The van der Waals surface area contributed by atoms with Crippen molar-refractivity contribution in [1.82, 2.24) is 0 Å². The number of benzene rings is 2. The zero-order chi connectivity index (χ0) is 18.1. The summed E-state index contributed by atoms with van der Waals surface area (Å²) in [7, 11) is 0. The van der Waals surface area contributed by atoms with Gasteiger partial charge < -0.3 is 13.6 Å². The first-order valence-electron chi connectivity index (χ1n) is 7.70. The first-order chi connectivity index (χ1) is 12.6. The third-order valence-electron chi connectivity index (χ3n) is 3.77. The molecule has 4 aromatic rings. The Bertz CT molecular complexity index is 1160. The fraction of sp³-hybridized carbons (Fsp3) is 0. The number of carbonyl (C=O) groups excluding carboxylic acids is 1. The monoisotopic (exact) mass is 366 g/mol. The Morgan fingerprint density at radius 3 is 2.58 bits per heavy atom. The quantitative estimate of drug-likeness (QED) is 0.380. The van der Waals surface area contributed by atoms with E-state index in [9.17, 15) is 9.59 Å². The molecule has 0 radical (unpaired) electrons.